The van der Waals surface area contributed by atoms with Crippen LogP contribution in [0.2, 0.25) is 0 Å². The van der Waals surface area contributed by atoms with Crippen LogP contribution in [0.1, 0.15) is 46.1 Å². The first kappa shape index (κ1) is 16.1. The first-order chi connectivity index (χ1) is 12.1. The molecule has 2 amide bonds. The Balaban J connectivity index is 1.48. The zero-order valence-electron chi connectivity index (χ0n) is 14.0. The van der Waals surface area contributed by atoms with Gasteiger partial charge in [0.25, 0.3) is 5.91 Å². The van der Waals surface area contributed by atoms with Crippen LogP contribution in [0.4, 0.5) is 5.00 Å². The normalized spacial score (nSPS) is 18.8. The molecule has 1 aliphatic carbocycles. The highest BCUT2D eigenvalue weighted by atomic mass is 32.1. The van der Waals surface area contributed by atoms with Crippen molar-refractivity contribution < 1.29 is 14.3 Å². The number of benzene rings is 1. The van der Waals surface area contributed by atoms with E-state index in [2.05, 4.69) is 10.6 Å². The molecule has 1 atom stereocenters. The van der Waals surface area contributed by atoms with Crippen molar-refractivity contribution >= 4 is 28.2 Å². The summed E-state index contributed by atoms with van der Waals surface area (Å²) < 4.78 is 5.64. The number of rotatable bonds is 4. The number of hydrogen-bond acceptors (Lipinski definition) is 4. The number of thiophene rings is 1. The van der Waals surface area contributed by atoms with Crippen LogP contribution in [0, 0.1) is 12.8 Å². The fourth-order valence-corrected chi connectivity index (χ4v) is 4.03. The quantitative estimate of drug-likeness (QED) is 0.878. The third-order valence-corrected chi connectivity index (χ3v) is 5.73. The van der Waals surface area contributed by atoms with Gasteiger partial charge in [-0.2, -0.15) is 0 Å². The van der Waals surface area contributed by atoms with Gasteiger partial charge >= 0.3 is 0 Å². The van der Waals surface area contributed by atoms with E-state index in [-0.39, 0.29) is 23.8 Å². The number of carbonyl (C=O) groups excluding carboxylic acids is 2. The maximum Gasteiger partial charge on any atom is 0.262 e. The van der Waals surface area contributed by atoms with Crippen LogP contribution < -0.4 is 15.4 Å². The Morgan fingerprint density at radius 1 is 1.20 bits per heavy atom. The molecule has 25 heavy (non-hydrogen) atoms. The lowest BCUT2D eigenvalue weighted by atomic mass is 10.0. The van der Waals surface area contributed by atoms with Crippen LogP contribution in [0.15, 0.2) is 30.3 Å². The van der Waals surface area contributed by atoms with Crippen molar-refractivity contribution in [3.05, 3.63) is 46.3 Å². The molecule has 0 saturated heterocycles. The molecule has 2 aromatic rings. The van der Waals surface area contributed by atoms with E-state index in [1.807, 2.05) is 37.3 Å². The van der Waals surface area contributed by atoms with Crippen molar-refractivity contribution in [2.24, 2.45) is 5.92 Å². The number of carbonyl (C=O) groups is 2. The Kier molecular flexibility index (Phi) is 4.21. The molecule has 0 spiro atoms. The molecule has 4 rings (SSSR count). The van der Waals surface area contributed by atoms with E-state index in [9.17, 15) is 9.59 Å². The van der Waals surface area contributed by atoms with Crippen molar-refractivity contribution in [1.29, 1.82) is 0 Å². The van der Waals surface area contributed by atoms with Gasteiger partial charge in [0.1, 0.15) is 5.75 Å². The van der Waals surface area contributed by atoms with Crippen LogP contribution in [0.25, 0.3) is 0 Å². The molecule has 2 heterocycles. The van der Waals surface area contributed by atoms with Crippen LogP contribution in [-0.2, 0) is 4.79 Å². The first-order valence-corrected chi connectivity index (χ1v) is 9.37. The van der Waals surface area contributed by atoms with E-state index in [1.54, 1.807) is 0 Å². The lowest BCUT2D eigenvalue weighted by molar-refractivity contribution is -0.117. The Hall–Kier alpha value is -2.34. The molecule has 2 N–H and O–H groups in total. The second-order valence-corrected chi connectivity index (χ2v) is 7.64. The van der Waals surface area contributed by atoms with E-state index >= 15 is 0 Å². The Bertz CT molecular complexity index is 826. The number of amides is 2. The predicted molar refractivity (Wildman–Crippen MR) is 97.2 cm³/mol. The average molecular weight is 356 g/mol. The van der Waals surface area contributed by atoms with Gasteiger partial charge in [-0.1, -0.05) is 18.2 Å². The van der Waals surface area contributed by atoms with Gasteiger partial charge in [-0.3, -0.25) is 9.59 Å². The smallest absolute Gasteiger partial charge is 0.262 e. The van der Waals surface area contributed by atoms with E-state index < -0.39 is 0 Å². The van der Waals surface area contributed by atoms with Gasteiger partial charge in [0.05, 0.1) is 22.5 Å². The second kappa shape index (κ2) is 6.52. The lowest BCUT2D eigenvalue weighted by Gasteiger charge is -2.26. The third kappa shape index (κ3) is 3.39. The fourth-order valence-electron chi connectivity index (χ4n) is 3.05. The zero-order valence-corrected chi connectivity index (χ0v) is 14.8. The summed E-state index contributed by atoms with van der Waals surface area (Å²) in [5, 5.41) is 6.77. The van der Waals surface area contributed by atoms with Crippen LogP contribution in [0.3, 0.4) is 0 Å². The minimum Gasteiger partial charge on any atom is -0.493 e. The van der Waals surface area contributed by atoms with Gasteiger partial charge in [0.15, 0.2) is 0 Å². The molecule has 1 aliphatic heterocycles. The average Bonchev–Trinajstić information content (AvgIpc) is 3.39. The number of anilines is 1. The van der Waals surface area contributed by atoms with E-state index in [0.29, 0.717) is 11.5 Å². The third-order valence-electron chi connectivity index (χ3n) is 4.58. The topological polar surface area (TPSA) is 67.4 Å². The highest BCUT2D eigenvalue weighted by Gasteiger charge is 2.30. The number of fused-ring (bicyclic) bond motifs is 1. The Morgan fingerprint density at radius 2 is 2.00 bits per heavy atom. The summed E-state index contributed by atoms with van der Waals surface area (Å²) >= 11 is 1.34. The van der Waals surface area contributed by atoms with Crippen molar-refractivity contribution in [1.82, 2.24) is 5.32 Å². The molecule has 0 bridgehead atoms. The van der Waals surface area contributed by atoms with Crippen molar-refractivity contribution in [2.45, 2.75) is 32.2 Å². The summed E-state index contributed by atoms with van der Waals surface area (Å²) in [5.74, 6) is 0.945. The molecule has 1 aromatic carbocycles. The minimum absolute atomic E-state index is 0.0524. The molecule has 0 unspecified atom stereocenters. The van der Waals surface area contributed by atoms with Crippen LogP contribution in [0.5, 0.6) is 5.75 Å². The Labute approximate surface area is 150 Å². The molecule has 130 valence electrons. The molecule has 2 aliphatic rings. The number of hydrogen-bond donors (Lipinski definition) is 2. The van der Waals surface area contributed by atoms with Crippen LogP contribution in [-0.4, -0.2) is 18.4 Å². The summed E-state index contributed by atoms with van der Waals surface area (Å²) in [6, 6.07) is 9.62. The zero-order chi connectivity index (χ0) is 17.4. The Morgan fingerprint density at radius 3 is 2.80 bits per heavy atom. The van der Waals surface area contributed by atoms with Crippen molar-refractivity contribution in [2.75, 3.05) is 11.9 Å². The standard InChI is InChI=1S/C19H20N2O3S/c1-11-10-16(21-18(22)12-6-7-12)25-17(11)19(23)20-14-8-9-24-15-5-3-2-4-13(14)15/h2-5,10,12,14H,6-9H2,1H3,(H,20,23)(H,21,22)/t14-/m1/s1. The lowest BCUT2D eigenvalue weighted by Crippen LogP contribution is -2.32. The monoisotopic (exact) mass is 356 g/mol. The summed E-state index contributed by atoms with van der Waals surface area (Å²) in [6.07, 6.45) is 2.68. The molecule has 1 fully saturated rings. The number of aryl methyl sites for hydroxylation is 1. The van der Waals surface area contributed by atoms with E-state index in [0.717, 1.165) is 41.1 Å². The molecule has 5 nitrogen and oxygen atoms in total. The van der Waals surface area contributed by atoms with Gasteiger partial charge < -0.3 is 15.4 Å². The highest BCUT2D eigenvalue weighted by molar-refractivity contribution is 7.18. The summed E-state index contributed by atoms with van der Waals surface area (Å²) in [7, 11) is 0. The maximum absolute atomic E-state index is 12.7. The van der Waals surface area contributed by atoms with Gasteiger partial charge in [0, 0.05) is 17.9 Å². The highest BCUT2D eigenvalue weighted by Crippen LogP contribution is 2.34. The molecule has 6 heteroatoms. The number of para-hydroxylation sites is 1. The summed E-state index contributed by atoms with van der Waals surface area (Å²) in [5.41, 5.74) is 1.90. The van der Waals surface area contributed by atoms with Crippen LogP contribution >= 0.6 is 11.3 Å². The molecular weight excluding hydrogens is 336 g/mol. The predicted octanol–water partition coefficient (Wildman–Crippen LogP) is 3.66. The molecular formula is C19H20N2O3S. The van der Waals surface area contributed by atoms with E-state index in [4.69, 9.17) is 4.74 Å². The van der Waals surface area contributed by atoms with Gasteiger partial charge in [0.2, 0.25) is 5.91 Å². The summed E-state index contributed by atoms with van der Waals surface area (Å²) in [6.45, 7) is 2.49. The fraction of sp³-hybridized carbons (Fsp3) is 0.368. The number of ether oxygens (including phenoxy) is 1. The molecule has 1 saturated carbocycles. The summed E-state index contributed by atoms with van der Waals surface area (Å²) in [4.78, 5) is 25.3. The van der Waals surface area contributed by atoms with E-state index in [1.165, 1.54) is 11.3 Å². The SMILES string of the molecule is Cc1cc(NC(=O)C2CC2)sc1C(=O)N[C@@H]1CCOc2ccccc21. The molecule has 1 aromatic heterocycles. The van der Waals surface area contributed by atoms with Gasteiger partial charge in [-0.05, 0) is 37.5 Å². The van der Waals surface area contributed by atoms with Gasteiger partial charge in [-0.25, -0.2) is 0 Å². The first-order valence-electron chi connectivity index (χ1n) is 8.55. The van der Waals surface area contributed by atoms with Gasteiger partial charge in [-0.15, -0.1) is 11.3 Å². The maximum atomic E-state index is 12.7. The molecule has 0 radical (unpaired) electrons. The second-order valence-electron chi connectivity index (χ2n) is 6.59. The largest absolute Gasteiger partial charge is 0.493 e. The van der Waals surface area contributed by atoms with Crippen molar-refractivity contribution in [3.8, 4) is 5.75 Å². The van der Waals surface area contributed by atoms with Crippen molar-refractivity contribution in [3.63, 3.8) is 0 Å². The number of nitrogens with one attached hydrogen (secondary N) is 2. The minimum atomic E-state index is -0.101.